The van der Waals surface area contributed by atoms with E-state index in [-0.39, 0.29) is 11.9 Å². The van der Waals surface area contributed by atoms with Crippen LogP contribution in [0.1, 0.15) is 19.4 Å². The Kier molecular flexibility index (Phi) is 4.23. The van der Waals surface area contributed by atoms with Crippen molar-refractivity contribution in [3.8, 4) is 0 Å². The quantitative estimate of drug-likeness (QED) is 0.869. The molecule has 4 nitrogen and oxygen atoms in total. The summed E-state index contributed by atoms with van der Waals surface area (Å²) in [6.07, 6.45) is 0. The number of fused-ring (bicyclic) bond motifs is 1. The van der Waals surface area contributed by atoms with Crippen molar-refractivity contribution in [3.05, 3.63) is 35.9 Å². The molecule has 4 heteroatoms. The highest BCUT2D eigenvalue weighted by molar-refractivity contribution is 5.83. The number of hydrogen-bond donors (Lipinski definition) is 1. The number of benzene rings is 1. The average Bonchev–Trinajstić information content (AvgIpc) is 2.43. The number of aromatic nitrogens is 1. The molecular formula is C16H20N2O2. The Balaban J connectivity index is 2.36. The Morgan fingerprint density at radius 3 is 2.65 bits per heavy atom. The predicted octanol–water partition coefficient (Wildman–Crippen LogP) is 3.15. The molecule has 1 aromatic heterocycles. The Hall–Kier alpha value is -2.10. The van der Waals surface area contributed by atoms with Crippen LogP contribution < -0.4 is 5.32 Å². The van der Waals surface area contributed by atoms with Crippen molar-refractivity contribution in [3.63, 3.8) is 0 Å². The topological polar surface area (TPSA) is 51.2 Å². The molecule has 1 aromatic carbocycles. The van der Waals surface area contributed by atoms with E-state index >= 15 is 0 Å². The van der Waals surface area contributed by atoms with E-state index in [4.69, 9.17) is 4.74 Å². The van der Waals surface area contributed by atoms with Gasteiger partial charge in [0.05, 0.1) is 12.6 Å². The van der Waals surface area contributed by atoms with E-state index in [1.165, 1.54) is 7.11 Å². The molecule has 1 N–H and O–H groups in total. The fourth-order valence-corrected chi connectivity index (χ4v) is 2.14. The lowest BCUT2D eigenvalue weighted by Crippen LogP contribution is -2.36. The lowest BCUT2D eigenvalue weighted by atomic mass is 10.0. The van der Waals surface area contributed by atoms with Crippen LogP contribution in [0, 0.1) is 12.8 Å². The number of carbonyl (C=O) groups excluding carboxylic acids is 1. The molecule has 20 heavy (non-hydrogen) atoms. The molecule has 0 saturated carbocycles. The first-order valence-electron chi connectivity index (χ1n) is 6.73. The van der Waals surface area contributed by atoms with E-state index in [1.54, 1.807) is 0 Å². The van der Waals surface area contributed by atoms with Gasteiger partial charge in [0, 0.05) is 5.39 Å². The van der Waals surface area contributed by atoms with Crippen LogP contribution in [0.25, 0.3) is 10.9 Å². The van der Waals surface area contributed by atoms with Gasteiger partial charge in [0.25, 0.3) is 0 Å². The fraction of sp³-hybridized carbons (Fsp3) is 0.375. The number of hydrogen-bond acceptors (Lipinski definition) is 4. The van der Waals surface area contributed by atoms with Crippen LogP contribution in [0.15, 0.2) is 30.3 Å². The van der Waals surface area contributed by atoms with Crippen molar-refractivity contribution in [2.75, 3.05) is 12.4 Å². The number of methoxy groups -OCH3 is 1. The molecule has 0 spiro atoms. The van der Waals surface area contributed by atoms with Gasteiger partial charge < -0.3 is 10.1 Å². The monoisotopic (exact) mass is 272 g/mol. The second kappa shape index (κ2) is 5.90. The summed E-state index contributed by atoms with van der Waals surface area (Å²) in [6, 6.07) is 9.60. The molecule has 0 amide bonds. The highest BCUT2D eigenvalue weighted by atomic mass is 16.5. The van der Waals surface area contributed by atoms with Gasteiger partial charge in [-0.25, -0.2) is 9.78 Å². The van der Waals surface area contributed by atoms with Crippen molar-refractivity contribution in [1.82, 2.24) is 4.98 Å². The molecular weight excluding hydrogens is 252 g/mol. The van der Waals surface area contributed by atoms with Crippen molar-refractivity contribution in [1.29, 1.82) is 0 Å². The molecule has 1 heterocycles. The molecule has 106 valence electrons. The van der Waals surface area contributed by atoms with Crippen LogP contribution in [0.2, 0.25) is 0 Å². The molecule has 0 saturated heterocycles. The van der Waals surface area contributed by atoms with Gasteiger partial charge in [-0.3, -0.25) is 0 Å². The number of nitrogens with zero attached hydrogens (tertiary/aromatic N) is 1. The maximum atomic E-state index is 11.8. The van der Waals surface area contributed by atoms with Crippen LogP contribution >= 0.6 is 0 Å². The van der Waals surface area contributed by atoms with Gasteiger partial charge in [-0.2, -0.15) is 0 Å². The number of anilines is 1. The number of para-hydroxylation sites is 1. The summed E-state index contributed by atoms with van der Waals surface area (Å²) in [7, 11) is 1.40. The van der Waals surface area contributed by atoms with E-state index in [2.05, 4.69) is 16.4 Å². The highest BCUT2D eigenvalue weighted by Crippen LogP contribution is 2.21. The number of nitrogens with one attached hydrogen (secondary N) is 1. The minimum absolute atomic E-state index is 0.120. The summed E-state index contributed by atoms with van der Waals surface area (Å²) in [4.78, 5) is 16.4. The van der Waals surface area contributed by atoms with Crippen LogP contribution in [-0.4, -0.2) is 24.1 Å². The van der Waals surface area contributed by atoms with Gasteiger partial charge in [-0.05, 0) is 30.5 Å². The maximum Gasteiger partial charge on any atom is 0.328 e. The Labute approximate surface area is 119 Å². The maximum absolute atomic E-state index is 11.8. The Morgan fingerprint density at radius 2 is 2.00 bits per heavy atom. The predicted molar refractivity (Wildman–Crippen MR) is 80.7 cm³/mol. The second-order valence-electron chi connectivity index (χ2n) is 5.24. The van der Waals surface area contributed by atoms with Gasteiger partial charge in [0.15, 0.2) is 0 Å². The van der Waals surface area contributed by atoms with Crippen molar-refractivity contribution in [2.24, 2.45) is 5.92 Å². The molecule has 0 aliphatic carbocycles. The van der Waals surface area contributed by atoms with Gasteiger partial charge in [-0.1, -0.05) is 32.0 Å². The zero-order valence-electron chi connectivity index (χ0n) is 12.3. The standard InChI is InChI=1S/C16H20N2O2/c1-10(2)14(16(19)20-4)18-15-11(3)9-12-7-5-6-8-13(12)17-15/h5-10,14H,1-4H3,(H,17,18). The Morgan fingerprint density at radius 1 is 1.30 bits per heavy atom. The van der Waals surface area contributed by atoms with Crippen molar-refractivity contribution < 1.29 is 9.53 Å². The van der Waals surface area contributed by atoms with Gasteiger partial charge in [-0.15, -0.1) is 0 Å². The minimum atomic E-state index is -0.396. The van der Waals surface area contributed by atoms with Crippen LogP contribution in [0.3, 0.4) is 0 Å². The van der Waals surface area contributed by atoms with Crippen LogP contribution in [0.5, 0.6) is 0 Å². The summed E-state index contributed by atoms with van der Waals surface area (Å²) in [5.41, 5.74) is 1.92. The van der Waals surface area contributed by atoms with Gasteiger partial charge in [0.2, 0.25) is 0 Å². The van der Waals surface area contributed by atoms with E-state index in [0.717, 1.165) is 22.3 Å². The molecule has 0 radical (unpaired) electrons. The molecule has 2 rings (SSSR count). The molecule has 2 aromatic rings. The third-order valence-electron chi connectivity index (χ3n) is 3.33. The molecule has 0 aliphatic rings. The smallest absolute Gasteiger partial charge is 0.328 e. The van der Waals surface area contributed by atoms with E-state index in [0.29, 0.717) is 0 Å². The van der Waals surface area contributed by atoms with Crippen molar-refractivity contribution >= 4 is 22.7 Å². The summed E-state index contributed by atoms with van der Waals surface area (Å²) in [6.45, 7) is 5.94. The zero-order valence-corrected chi connectivity index (χ0v) is 12.3. The molecule has 0 aliphatic heterocycles. The highest BCUT2D eigenvalue weighted by Gasteiger charge is 2.23. The normalized spacial score (nSPS) is 12.4. The third-order valence-corrected chi connectivity index (χ3v) is 3.33. The number of carbonyl (C=O) groups is 1. The number of pyridine rings is 1. The average molecular weight is 272 g/mol. The largest absolute Gasteiger partial charge is 0.467 e. The lowest BCUT2D eigenvalue weighted by molar-refractivity contribution is -0.142. The summed E-state index contributed by atoms with van der Waals surface area (Å²) < 4.78 is 4.84. The SMILES string of the molecule is COC(=O)C(Nc1nc2ccccc2cc1C)C(C)C. The van der Waals surface area contributed by atoms with Crippen molar-refractivity contribution in [2.45, 2.75) is 26.8 Å². The van der Waals surface area contributed by atoms with Gasteiger partial charge in [0.1, 0.15) is 11.9 Å². The minimum Gasteiger partial charge on any atom is -0.467 e. The van der Waals surface area contributed by atoms with E-state index < -0.39 is 6.04 Å². The van der Waals surface area contributed by atoms with E-state index in [1.807, 2.05) is 45.0 Å². The number of aryl methyl sites for hydroxylation is 1. The second-order valence-corrected chi connectivity index (χ2v) is 5.24. The van der Waals surface area contributed by atoms with Gasteiger partial charge >= 0.3 is 5.97 Å². The van der Waals surface area contributed by atoms with E-state index in [9.17, 15) is 4.79 Å². The molecule has 0 bridgehead atoms. The summed E-state index contributed by atoms with van der Waals surface area (Å²) >= 11 is 0. The summed E-state index contributed by atoms with van der Waals surface area (Å²) in [5.74, 6) is 0.581. The molecule has 1 unspecified atom stereocenters. The van der Waals surface area contributed by atoms with Crippen LogP contribution in [0.4, 0.5) is 5.82 Å². The molecule has 0 fully saturated rings. The zero-order chi connectivity index (χ0) is 14.7. The number of esters is 1. The first-order valence-corrected chi connectivity index (χ1v) is 6.73. The third kappa shape index (κ3) is 2.90. The summed E-state index contributed by atoms with van der Waals surface area (Å²) in [5, 5.41) is 4.30. The number of ether oxygens (including phenoxy) is 1. The fourth-order valence-electron chi connectivity index (χ4n) is 2.14. The lowest BCUT2D eigenvalue weighted by Gasteiger charge is -2.21. The van der Waals surface area contributed by atoms with Crippen LogP contribution in [-0.2, 0) is 9.53 Å². The molecule has 1 atom stereocenters. The number of rotatable bonds is 4. The Bertz CT molecular complexity index is 623. The first kappa shape index (κ1) is 14.3. The first-order chi connectivity index (χ1) is 9.52.